The fourth-order valence-electron chi connectivity index (χ4n) is 0.666. The van der Waals surface area contributed by atoms with E-state index in [4.69, 9.17) is 9.84 Å². The maximum Gasteiger partial charge on any atom is 0.390 e. The van der Waals surface area contributed by atoms with Gasteiger partial charge in [0.15, 0.2) is 0 Å². The van der Waals surface area contributed by atoms with Crippen LogP contribution < -0.4 is 5.32 Å². The number of halogens is 3. The van der Waals surface area contributed by atoms with E-state index in [9.17, 15) is 13.2 Å². The molecular weight excluding hydrogens is 187 g/mol. The Morgan fingerprint density at radius 2 is 1.85 bits per heavy atom. The molecule has 6 heteroatoms. The first-order chi connectivity index (χ1) is 6.06. The lowest BCUT2D eigenvalue weighted by atomic mass is 10.4. The summed E-state index contributed by atoms with van der Waals surface area (Å²) in [4.78, 5) is 0. The fraction of sp³-hybridized carbons (Fsp3) is 1.00. The van der Waals surface area contributed by atoms with Gasteiger partial charge in [-0.25, -0.2) is 0 Å². The summed E-state index contributed by atoms with van der Waals surface area (Å²) in [6.07, 6.45) is -4.92. The molecule has 0 aromatic carbocycles. The van der Waals surface area contributed by atoms with Crippen LogP contribution in [-0.4, -0.2) is 44.2 Å². The maximum absolute atomic E-state index is 11.6. The molecule has 0 heterocycles. The molecule has 0 fully saturated rings. The molecular formula is C7H14F3NO2. The Labute approximate surface area is 74.9 Å². The van der Waals surface area contributed by atoms with Gasteiger partial charge in [-0.05, 0) is 0 Å². The Balaban J connectivity index is 3.00. The van der Waals surface area contributed by atoms with Crippen molar-refractivity contribution in [3.8, 4) is 0 Å². The number of alkyl halides is 3. The third-order valence-electron chi connectivity index (χ3n) is 1.24. The maximum atomic E-state index is 11.6. The van der Waals surface area contributed by atoms with E-state index >= 15 is 0 Å². The lowest BCUT2D eigenvalue weighted by molar-refractivity contribution is -0.133. The third kappa shape index (κ3) is 11.7. The quantitative estimate of drug-likeness (QED) is 0.590. The molecule has 13 heavy (non-hydrogen) atoms. The molecule has 80 valence electrons. The summed E-state index contributed by atoms with van der Waals surface area (Å²) >= 11 is 0. The van der Waals surface area contributed by atoms with Crippen molar-refractivity contribution in [3.63, 3.8) is 0 Å². The SMILES string of the molecule is OCCOCCNCCC(F)(F)F. The van der Waals surface area contributed by atoms with Crippen molar-refractivity contribution in [3.05, 3.63) is 0 Å². The molecule has 0 aliphatic carbocycles. The van der Waals surface area contributed by atoms with Crippen molar-refractivity contribution in [1.29, 1.82) is 0 Å². The van der Waals surface area contributed by atoms with Crippen LogP contribution in [0.4, 0.5) is 13.2 Å². The predicted molar refractivity (Wildman–Crippen MR) is 41.4 cm³/mol. The van der Waals surface area contributed by atoms with Gasteiger partial charge in [-0.1, -0.05) is 0 Å². The van der Waals surface area contributed by atoms with Crippen LogP contribution in [0.1, 0.15) is 6.42 Å². The molecule has 0 aromatic rings. The summed E-state index contributed by atoms with van der Waals surface area (Å²) in [7, 11) is 0. The van der Waals surface area contributed by atoms with Crippen LogP contribution >= 0.6 is 0 Å². The zero-order valence-corrected chi connectivity index (χ0v) is 7.23. The van der Waals surface area contributed by atoms with Gasteiger partial charge in [-0.3, -0.25) is 0 Å². The van der Waals surface area contributed by atoms with Gasteiger partial charge in [0.2, 0.25) is 0 Å². The van der Waals surface area contributed by atoms with Crippen LogP contribution in [0.25, 0.3) is 0 Å². The van der Waals surface area contributed by atoms with Gasteiger partial charge >= 0.3 is 6.18 Å². The molecule has 0 saturated heterocycles. The number of aliphatic hydroxyl groups is 1. The van der Waals surface area contributed by atoms with E-state index in [1.807, 2.05) is 0 Å². The molecule has 0 atom stereocenters. The number of hydrogen-bond acceptors (Lipinski definition) is 3. The molecule has 0 bridgehead atoms. The highest BCUT2D eigenvalue weighted by molar-refractivity contribution is 4.53. The average molecular weight is 201 g/mol. The molecule has 0 spiro atoms. The lowest BCUT2D eigenvalue weighted by Gasteiger charge is -2.07. The van der Waals surface area contributed by atoms with Crippen LogP contribution in [0.2, 0.25) is 0 Å². The van der Waals surface area contributed by atoms with E-state index in [-0.39, 0.29) is 19.8 Å². The van der Waals surface area contributed by atoms with Crippen molar-refractivity contribution in [2.24, 2.45) is 0 Å². The van der Waals surface area contributed by atoms with E-state index in [1.165, 1.54) is 0 Å². The molecule has 0 aliphatic rings. The summed E-state index contributed by atoms with van der Waals surface area (Å²) in [6.45, 7) is 0.754. The number of rotatable bonds is 7. The van der Waals surface area contributed by atoms with Crippen molar-refractivity contribution in [2.45, 2.75) is 12.6 Å². The zero-order valence-electron chi connectivity index (χ0n) is 7.23. The van der Waals surface area contributed by atoms with E-state index in [2.05, 4.69) is 5.32 Å². The van der Waals surface area contributed by atoms with Crippen molar-refractivity contribution >= 4 is 0 Å². The Morgan fingerprint density at radius 3 is 2.38 bits per heavy atom. The molecule has 0 rings (SSSR count). The summed E-state index contributed by atoms with van der Waals surface area (Å²) < 4.78 is 39.6. The minimum absolute atomic E-state index is 0.0669. The Kier molecular flexibility index (Phi) is 6.93. The van der Waals surface area contributed by atoms with Crippen LogP contribution in [0, 0.1) is 0 Å². The second kappa shape index (κ2) is 7.11. The van der Waals surface area contributed by atoms with Crippen LogP contribution in [0.3, 0.4) is 0 Å². The standard InChI is InChI=1S/C7H14F3NO2/c8-7(9,10)1-2-11-3-5-13-6-4-12/h11-12H,1-6H2. The summed E-state index contributed by atoms with van der Waals surface area (Å²) in [5, 5.41) is 10.9. The van der Waals surface area contributed by atoms with Crippen LogP contribution in [0.5, 0.6) is 0 Å². The normalized spacial score (nSPS) is 12.0. The van der Waals surface area contributed by atoms with E-state index in [0.29, 0.717) is 13.2 Å². The van der Waals surface area contributed by atoms with Crippen molar-refractivity contribution < 1.29 is 23.0 Å². The predicted octanol–water partition coefficient (Wildman–Crippen LogP) is 0.537. The van der Waals surface area contributed by atoms with Gasteiger partial charge < -0.3 is 15.2 Å². The number of nitrogens with one attached hydrogen (secondary N) is 1. The van der Waals surface area contributed by atoms with E-state index < -0.39 is 12.6 Å². The third-order valence-corrected chi connectivity index (χ3v) is 1.24. The van der Waals surface area contributed by atoms with Crippen LogP contribution in [0.15, 0.2) is 0 Å². The average Bonchev–Trinajstić information content (AvgIpc) is 2.01. The molecule has 3 nitrogen and oxygen atoms in total. The summed E-state index contributed by atoms with van der Waals surface area (Å²) in [5.41, 5.74) is 0. The Morgan fingerprint density at radius 1 is 1.15 bits per heavy atom. The Bertz CT molecular complexity index is 119. The van der Waals surface area contributed by atoms with Gasteiger partial charge in [0.05, 0.1) is 26.2 Å². The first-order valence-corrected chi connectivity index (χ1v) is 4.02. The first-order valence-electron chi connectivity index (χ1n) is 4.02. The van der Waals surface area contributed by atoms with E-state index in [0.717, 1.165) is 0 Å². The minimum Gasteiger partial charge on any atom is -0.394 e. The van der Waals surface area contributed by atoms with Gasteiger partial charge in [0.25, 0.3) is 0 Å². The molecule has 0 amide bonds. The zero-order chi connectivity index (χ0) is 10.2. The van der Waals surface area contributed by atoms with Gasteiger partial charge in [-0.15, -0.1) is 0 Å². The first kappa shape index (κ1) is 12.7. The largest absolute Gasteiger partial charge is 0.394 e. The van der Waals surface area contributed by atoms with Crippen molar-refractivity contribution in [2.75, 3.05) is 32.9 Å². The smallest absolute Gasteiger partial charge is 0.390 e. The van der Waals surface area contributed by atoms with Gasteiger partial charge in [0, 0.05) is 13.1 Å². The minimum atomic E-state index is -4.10. The van der Waals surface area contributed by atoms with Gasteiger partial charge in [0.1, 0.15) is 0 Å². The molecule has 0 aliphatic heterocycles. The number of ether oxygens (including phenoxy) is 1. The fourth-order valence-corrected chi connectivity index (χ4v) is 0.666. The summed E-state index contributed by atoms with van der Waals surface area (Å²) in [6, 6.07) is 0. The molecule has 2 N–H and O–H groups in total. The highest BCUT2D eigenvalue weighted by Gasteiger charge is 2.25. The second-order valence-electron chi connectivity index (χ2n) is 2.45. The molecule has 0 aromatic heterocycles. The van der Waals surface area contributed by atoms with Crippen LogP contribution in [-0.2, 0) is 4.74 Å². The number of hydrogen-bond donors (Lipinski definition) is 2. The Hall–Kier alpha value is -0.330. The molecule has 0 radical (unpaired) electrons. The highest BCUT2D eigenvalue weighted by atomic mass is 19.4. The monoisotopic (exact) mass is 201 g/mol. The van der Waals surface area contributed by atoms with Crippen molar-refractivity contribution in [1.82, 2.24) is 5.32 Å². The van der Waals surface area contributed by atoms with E-state index in [1.54, 1.807) is 0 Å². The van der Waals surface area contributed by atoms with Gasteiger partial charge in [-0.2, -0.15) is 13.2 Å². The lowest BCUT2D eigenvalue weighted by Crippen LogP contribution is -2.25. The number of aliphatic hydroxyl groups excluding tert-OH is 1. The topological polar surface area (TPSA) is 41.5 Å². The summed E-state index contributed by atoms with van der Waals surface area (Å²) in [5.74, 6) is 0. The molecule has 0 unspecified atom stereocenters. The highest BCUT2D eigenvalue weighted by Crippen LogP contribution is 2.17. The molecule has 0 saturated carbocycles. The second-order valence-corrected chi connectivity index (χ2v) is 2.45.